The van der Waals surface area contributed by atoms with Gasteiger partial charge in [-0.15, -0.1) is 0 Å². The van der Waals surface area contributed by atoms with Gasteiger partial charge in [0.15, 0.2) is 11.5 Å². The molecule has 0 fully saturated rings. The van der Waals surface area contributed by atoms with Gasteiger partial charge in [0, 0.05) is 5.56 Å². The van der Waals surface area contributed by atoms with Crippen LogP contribution in [0.4, 0.5) is 0 Å². The highest BCUT2D eigenvalue weighted by molar-refractivity contribution is 5.75. The van der Waals surface area contributed by atoms with Gasteiger partial charge in [-0.2, -0.15) is 0 Å². The minimum Gasteiger partial charge on any atom is -0.497 e. The molecule has 0 saturated heterocycles. The molecule has 22 heavy (non-hydrogen) atoms. The van der Waals surface area contributed by atoms with Gasteiger partial charge in [-0.05, 0) is 29.8 Å². The van der Waals surface area contributed by atoms with Gasteiger partial charge in [-0.3, -0.25) is 0 Å². The van der Waals surface area contributed by atoms with Crippen molar-refractivity contribution in [2.24, 2.45) is 0 Å². The van der Waals surface area contributed by atoms with Gasteiger partial charge < -0.3 is 18.9 Å². The molecule has 4 heteroatoms. The van der Waals surface area contributed by atoms with Crippen molar-refractivity contribution >= 4 is 12.2 Å². The second-order valence-electron chi connectivity index (χ2n) is 4.53. The van der Waals surface area contributed by atoms with E-state index in [4.69, 9.17) is 18.9 Å². The van der Waals surface area contributed by atoms with Gasteiger partial charge in [0.25, 0.3) is 0 Å². The zero-order valence-electron chi connectivity index (χ0n) is 13.3. The monoisotopic (exact) mass is 300 g/mol. The van der Waals surface area contributed by atoms with Gasteiger partial charge in [0.1, 0.15) is 5.75 Å². The summed E-state index contributed by atoms with van der Waals surface area (Å²) in [6.07, 6.45) is 3.98. The van der Waals surface area contributed by atoms with Crippen LogP contribution in [0.25, 0.3) is 12.2 Å². The SMILES string of the molecule is COc1ccc(/C=C/c2ccc(OC)c(OC)c2OC)cc1. The Morgan fingerprint density at radius 2 is 1.32 bits per heavy atom. The highest BCUT2D eigenvalue weighted by Gasteiger charge is 2.13. The largest absolute Gasteiger partial charge is 0.497 e. The highest BCUT2D eigenvalue weighted by atomic mass is 16.5. The lowest BCUT2D eigenvalue weighted by Crippen LogP contribution is -1.96. The van der Waals surface area contributed by atoms with Crippen molar-refractivity contribution in [2.45, 2.75) is 0 Å². The average Bonchev–Trinajstić information content (AvgIpc) is 2.59. The van der Waals surface area contributed by atoms with Crippen LogP contribution in [0.15, 0.2) is 36.4 Å². The fraction of sp³-hybridized carbons (Fsp3) is 0.222. The highest BCUT2D eigenvalue weighted by Crippen LogP contribution is 2.40. The topological polar surface area (TPSA) is 36.9 Å². The molecule has 0 atom stereocenters. The fourth-order valence-electron chi connectivity index (χ4n) is 2.16. The van der Waals surface area contributed by atoms with E-state index in [0.717, 1.165) is 16.9 Å². The van der Waals surface area contributed by atoms with Crippen LogP contribution < -0.4 is 18.9 Å². The summed E-state index contributed by atoms with van der Waals surface area (Å²) in [6.45, 7) is 0. The maximum absolute atomic E-state index is 5.46. The van der Waals surface area contributed by atoms with E-state index in [1.165, 1.54) is 0 Å². The first-order valence-electron chi connectivity index (χ1n) is 6.84. The van der Waals surface area contributed by atoms with Gasteiger partial charge in [0.2, 0.25) is 5.75 Å². The first-order chi connectivity index (χ1) is 10.7. The molecule has 0 spiro atoms. The third-order valence-electron chi connectivity index (χ3n) is 3.31. The summed E-state index contributed by atoms with van der Waals surface area (Å²) in [5.74, 6) is 2.70. The molecule has 0 aromatic heterocycles. The van der Waals surface area contributed by atoms with Crippen LogP contribution in [0, 0.1) is 0 Å². The fourth-order valence-corrected chi connectivity index (χ4v) is 2.16. The average molecular weight is 300 g/mol. The third kappa shape index (κ3) is 3.34. The molecular weight excluding hydrogens is 280 g/mol. The number of hydrogen-bond acceptors (Lipinski definition) is 4. The Balaban J connectivity index is 2.33. The predicted octanol–water partition coefficient (Wildman–Crippen LogP) is 3.89. The Morgan fingerprint density at radius 3 is 1.86 bits per heavy atom. The molecular formula is C18H20O4. The summed E-state index contributed by atoms with van der Waals surface area (Å²) in [5, 5.41) is 0. The Kier molecular flexibility index (Phi) is 5.31. The van der Waals surface area contributed by atoms with Crippen molar-refractivity contribution in [3.05, 3.63) is 47.5 Å². The lowest BCUT2D eigenvalue weighted by atomic mass is 10.1. The van der Waals surface area contributed by atoms with Crippen molar-refractivity contribution in [1.29, 1.82) is 0 Å². The van der Waals surface area contributed by atoms with Crippen LogP contribution >= 0.6 is 0 Å². The van der Waals surface area contributed by atoms with Gasteiger partial charge in [-0.25, -0.2) is 0 Å². The maximum Gasteiger partial charge on any atom is 0.203 e. The van der Waals surface area contributed by atoms with Gasteiger partial charge in [-0.1, -0.05) is 24.3 Å². The predicted molar refractivity (Wildman–Crippen MR) is 88.0 cm³/mol. The quantitative estimate of drug-likeness (QED) is 0.758. The van der Waals surface area contributed by atoms with Crippen LogP contribution in [-0.4, -0.2) is 28.4 Å². The smallest absolute Gasteiger partial charge is 0.203 e. The maximum atomic E-state index is 5.46. The lowest BCUT2D eigenvalue weighted by molar-refractivity contribution is 0.324. The minimum absolute atomic E-state index is 0.585. The first-order valence-corrected chi connectivity index (χ1v) is 6.84. The molecule has 0 heterocycles. The van der Waals surface area contributed by atoms with E-state index >= 15 is 0 Å². The number of methoxy groups -OCH3 is 4. The molecule has 0 aliphatic carbocycles. The van der Waals surface area contributed by atoms with Crippen molar-refractivity contribution in [3.63, 3.8) is 0 Å². The molecule has 0 saturated carbocycles. The number of rotatable bonds is 6. The first kappa shape index (κ1) is 15.8. The Hall–Kier alpha value is -2.62. The second kappa shape index (κ2) is 7.41. The summed E-state index contributed by atoms with van der Waals surface area (Å²) in [6, 6.07) is 11.6. The van der Waals surface area contributed by atoms with E-state index in [1.54, 1.807) is 28.4 Å². The van der Waals surface area contributed by atoms with Crippen LogP contribution in [0.2, 0.25) is 0 Å². The Morgan fingerprint density at radius 1 is 0.636 bits per heavy atom. The molecule has 0 amide bonds. The minimum atomic E-state index is 0.585. The van der Waals surface area contributed by atoms with Gasteiger partial charge in [0.05, 0.1) is 28.4 Å². The molecule has 0 aliphatic heterocycles. The van der Waals surface area contributed by atoms with Crippen molar-refractivity contribution in [2.75, 3.05) is 28.4 Å². The van der Waals surface area contributed by atoms with Gasteiger partial charge >= 0.3 is 0 Å². The standard InChI is InChI=1S/C18H20O4/c1-19-15-10-6-13(7-11-15)5-8-14-9-12-16(20-2)18(22-4)17(14)21-3/h5-12H,1-4H3/b8-5+. The zero-order chi connectivity index (χ0) is 15.9. The molecule has 2 rings (SSSR count). The van der Waals surface area contributed by atoms with Crippen molar-refractivity contribution in [1.82, 2.24) is 0 Å². The second-order valence-corrected chi connectivity index (χ2v) is 4.53. The van der Waals surface area contributed by atoms with E-state index in [0.29, 0.717) is 17.2 Å². The Bertz CT molecular complexity index is 645. The summed E-state index contributed by atoms with van der Waals surface area (Å²) >= 11 is 0. The third-order valence-corrected chi connectivity index (χ3v) is 3.31. The van der Waals surface area contributed by atoms with E-state index in [-0.39, 0.29) is 0 Å². The molecule has 0 N–H and O–H groups in total. The summed E-state index contributed by atoms with van der Waals surface area (Å²) < 4.78 is 21.3. The van der Waals surface area contributed by atoms with Crippen LogP contribution in [0.1, 0.15) is 11.1 Å². The normalized spacial score (nSPS) is 10.5. The number of ether oxygens (including phenoxy) is 4. The van der Waals surface area contributed by atoms with E-state index in [1.807, 2.05) is 48.6 Å². The molecule has 4 nitrogen and oxygen atoms in total. The molecule has 0 unspecified atom stereocenters. The van der Waals surface area contributed by atoms with Crippen LogP contribution in [0.5, 0.6) is 23.0 Å². The lowest BCUT2D eigenvalue weighted by Gasteiger charge is -2.14. The Labute approximate surface area is 130 Å². The van der Waals surface area contributed by atoms with E-state index in [2.05, 4.69) is 0 Å². The molecule has 0 radical (unpaired) electrons. The van der Waals surface area contributed by atoms with Crippen LogP contribution in [-0.2, 0) is 0 Å². The van der Waals surface area contributed by atoms with Crippen molar-refractivity contribution < 1.29 is 18.9 Å². The summed E-state index contributed by atoms with van der Waals surface area (Å²) in [5.41, 5.74) is 1.98. The van der Waals surface area contributed by atoms with E-state index in [9.17, 15) is 0 Å². The zero-order valence-corrected chi connectivity index (χ0v) is 13.3. The number of hydrogen-bond donors (Lipinski definition) is 0. The number of benzene rings is 2. The molecule has 2 aromatic rings. The molecule has 116 valence electrons. The summed E-state index contributed by atoms with van der Waals surface area (Å²) in [7, 11) is 6.46. The van der Waals surface area contributed by atoms with E-state index < -0.39 is 0 Å². The van der Waals surface area contributed by atoms with Crippen LogP contribution in [0.3, 0.4) is 0 Å². The molecule has 2 aromatic carbocycles. The summed E-state index contributed by atoms with van der Waals surface area (Å²) in [4.78, 5) is 0. The van der Waals surface area contributed by atoms with Crippen molar-refractivity contribution in [3.8, 4) is 23.0 Å². The molecule has 0 aliphatic rings. The molecule has 0 bridgehead atoms.